The molecule has 0 atom stereocenters. The fourth-order valence-electron chi connectivity index (χ4n) is 2.61. The Morgan fingerprint density at radius 2 is 1.76 bits per heavy atom. The quantitative estimate of drug-likeness (QED) is 0.816. The van der Waals surface area contributed by atoms with Gasteiger partial charge < -0.3 is 9.80 Å². The van der Waals surface area contributed by atoms with Crippen LogP contribution in [0.4, 0.5) is 11.5 Å². The van der Waals surface area contributed by atoms with Crippen molar-refractivity contribution in [2.24, 2.45) is 0 Å². The average molecular weight is 303 g/mol. The summed E-state index contributed by atoms with van der Waals surface area (Å²) in [7, 11) is 0. The lowest BCUT2D eigenvalue weighted by atomic mass is 10.2. The first-order valence-corrected chi connectivity index (χ1v) is 7.75. The van der Waals surface area contributed by atoms with Crippen LogP contribution in [-0.2, 0) is 5.88 Å². The predicted octanol–water partition coefficient (Wildman–Crippen LogP) is 2.85. The number of aromatic nitrogens is 2. The van der Waals surface area contributed by atoms with E-state index in [4.69, 9.17) is 11.6 Å². The second-order valence-corrected chi connectivity index (χ2v) is 5.60. The molecule has 1 aromatic carbocycles. The SMILES string of the molecule is Cc1cccc(N2CCN(c3ccc(CCl)nn3)CC2)c1. The summed E-state index contributed by atoms with van der Waals surface area (Å²) in [6.07, 6.45) is 0. The van der Waals surface area contributed by atoms with Crippen molar-refractivity contribution < 1.29 is 0 Å². The topological polar surface area (TPSA) is 32.3 Å². The molecular formula is C16H19ClN4. The third kappa shape index (κ3) is 3.27. The zero-order valence-corrected chi connectivity index (χ0v) is 12.9. The minimum atomic E-state index is 0.411. The zero-order chi connectivity index (χ0) is 14.7. The van der Waals surface area contributed by atoms with Crippen molar-refractivity contribution in [3.05, 3.63) is 47.7 Å². The summed E-state index contributed by atoms with van der Waals surface area (Å²) in [5.74, 6) is 1.35. The molecule has 4 nitrogen and oxygen atoms in total. The second-order valence-electron chi connectivity index (χ2n) is 5.33. The van der Waals surface area contributed by atoms with Crippen LogP contribution in [0.5, 0.6) is 0 Å². The molecule has 1 aliphatic heterocycles. The Morgan fingerprint density at radius 1 is 1.00 bits per heavy atom. The number of nitrogens with zero attached hydrogens (tertiary/aromatic N) is 4. The van der Waals surface area contributed by atoms with Crippen LogP contribution in [0.25, 0.3) is 0 Å². The van der Waals surface area contributed by atoms with Gasteiger partial charge in [0.15, 0.2) is 5.82 Å². The zero-order valence-electron chi connectivity index (χ0n) is 12.2. The maximum absolute atomic E-state index is 5.74. The van der Waals surface area contributed by atoms with Crippen molar-refractivity contribution in [3.8, 4) is 0 Å². The first kappa shape index (κ1) is 14.1. The molecule has 1 aliphatic rings. The standard InChI is InChI=1S/C16H19ClN4/c1-13-3-2-4-15(11-13)20-7-9-21(10-8-20)16-6-5-14(12-17)18-19-16/h2-6,11H,7-10,12H2,1H3. The van der Waals surface area contributed by atoms with Crippen LogP contribution >= 0.6 is 11.6 Å². The van der Waals surface area contributed by atoms with E-state index in [0.717, 1.165) is 37.7 Å². The molecule has 0 unspecified atom stereocenters. The van der Waals surface area contributed by atoms with E-state index in [1.165, 1.54) is 11.3 Å². The molecule has 0 amide bonds. The van der Waals surface area contributed by atoms with E-state index in [-0.39, 0.29) is 0 Å². The maximum atomic E-state index is 5.74. The highest BCUT2D eigenvalue weighted by Gasteiger charge is 2.18. The predicted molar refractivity (Wildman–Crippen MR) is 87.2 cm³/mol. The Kier molecular flexibility index (Phi) is 4.25. The van der Waals surface area contributed by atoms with E-state index in [1.54, 1.807) is 0 Å². The number of hydrogen-bond donors (Lipinski definition) is 0. The van der Waals surface area contributed by atoms with Crippen molar-refractivity contribution in [2.45, 2.75) is 12.8 Å². The number of anilines is 2. The van der Waals surface area contributed by atoms with Gasteiger partial charge in [0.2, 0.25) is 0 Å². The fourth-order valence-corrected chi connectivity index (χ4v) is 2.75. The van der Waals surface area contributed by atoms with Crippen LogP contribution in [-0.4, -0.2) is 36.4 Å². The van der Waals surface area contributed by atoms with Gasteiger partial charge in [0.05, 0.1) is 11.6 Å². The van der Waals surface area contributed by atoms with Crippen LogP contribution in [0.1, 0.15) is 11.3 Å². The van der Waals surface area contributed by atoms with Crippen LogP contribution in [0.3, 0.4) is 0 Å². The first-order chi connectivity index (χ1) is 10.3. The minimum Gasteiger partial charge on any atom is -0.368 e. The lowest BCUT2D eigenvalue weighted by Crippen LogP contribution is -2.46. The van der Waals surface area contributed by atoms with E-state index in [9.17, 15) is 0 Å². The van der Waals surface area contributed by atoms with Gasteiger partial charge in [-0.2, -0.15) is 5.10 Å². The average Bonchev–Trinajstić information content (AvgIpc) is 2.55. The lowest BCUT2D eigenvalue weighted by Gasteiger charge is -2.36. The van der Waals surface area contributed by atoms with Crippen LogP contribution < -0.4 is 9.80 Å². The summed E-state index contributed by atoms with van der Waals surface area (Å²) in [4.78, 5) is 4.70. The Bertz CT molecular complexity index is 591. The lowest BCUT2D eigenvalue weighted by molar-refractivity contribution is 0.643. The van der Waals surface area contributed by atoms with Gasteiger partial charge in [0, 0.05) is 31.9 Å². The molecule has 0 radical (unpaired) electrons. The van der Waals surface area contributed by atoms with Gasteiger partial charge in [0.1, 0.15) is 0 Å². The van der Waals surface area contributed by atoms with Crippen molar-refractivity contribution in [3.63, 3.8) is 0 Å². The molecule has 0 saturated carbocycles. The molecule has 5 heteroatoms. The molecule has 0 N–H and O–H groups in total. The largest absolute Gasteiger partial charge is 0.368 e. The number of alkyl halides is 1. The van der Waals surface area contributed by atoms with Crippen LogP contribution in [0.15, 0.2) is 36.4 Å². The third-order valence-electron chi connectivity index (χ3n) is 3.81. The Balaban J connectivity index is 1.64. The molecule has 1 aromatic heterocycles. The summed E-state index contributed by atoms with van der Waals surface area (Å²) >= 11 is 5.74. The van der Waals surface area contributed by atoms with Crippen LogP contribution in [0, 0.1) is 6.92 Å². The van der Waals surface area contributed by atoms with Crippen molar-refractivity contribution in [1.82, 2.24) is 10.2 Å². The molecule has 21 heavy (non-hydrogen) atoms. The van der Waals surface area contributed by atoms with Gasteiger partial charge in [-0.3, -0.25) is 0 Å². The summed E-state index contributed by atoms with van der Waals surface area (Å²) < 4.78 is 0. The number of halogens is 1. The van der Waals surface area contributed by atoms with Gasteiger partial charge in [0.25, 0.3) is 0 Å². The summed E-state index contributed by atoms with van der Waals surface area (Å²) in [6, 6.07) is 12.6. The molecule has 0 spiro atoms. The Morgan fingerprint density at radius 3 is 2.38 bits per heavy atom. The van der Waals surface area contributed by atoms with Crippen molar-refractivity contribution >= 4 is 23.1 Å². The summed E-state index contributed by atoms with van der Waals surface area (Å²) in [6.45, 7) is 6.06. The minimum absolute atomic E-state index is 0.411. The Labute approximate surface area is 130 Å². The molecular weight excluding hydrogens is 284 g/mol. The molecule has 3 rings (SSSR count). The number of rotatable bonds is 3. The highest BCUT2D eigenvalue weighted by atomic mass is 35.5. The van der Waals surface area contributed by atoms with Crippen molar-refractivity contribution in [1.29, 1.82) is 0 Å². The van der Waals surface area contributed by atoms with Gasteiger partial charge in [-0.05, 0) is 36.8 Å². The number of benzene rings is 1. The van der Waals surface area contributed by atoms with Gasteiger partial charge in [-0.1, -0.05) is 12.1 Å². The van der Waals surface area contributed by atoms with E-state index >= 15 is 0 Å². The third-order valence-corrected chi connectivity index (χ3v) is 4.09. The molecule has 110 valence electrons. The number of aryl methyl sites for hydroxylation is 1. The molecule has 1 fully saturated rings. The molecule has 2 aromatic rings. The highest BCUT2D eigenvalue weighted by molar-refractivity contribution is 6.16. The molecule has 0 bridgehead atoms. The van der Waals surface area contributed by atoms with Gasteiger partial charge >= 0.3 is 0 Å². The van der Waals surface area contributed by atoms with E-state index < -0.39 is 0 Å². The summed E-state index contributed by atoms with van der Waals surface area (Å²) in [5.41, 5.74) is 3.43. The number of hydrogen-bond acceptors (Lipinski definition) is 4. The Hall–Kier alpha value is -1.81. The fraction of sp³-hybridized carbons (Fsp3) is 0.375. The smallest absolute Gasteiger partial charge is 0.151 e. The van der Waals surface area contributed by atoms with E-state index in [0.29, 0.717) is 5.88 Å². The monoisotopic (exact) mass is 302 g/mol. The molecule has 2 heterocycles. The molecule has 1 saturated heterocycles. The van der Waals surface area contributed by atoms with E-state index in [1.807, 2.05) is 12.1 Å². The second kappa shape index (κ2) is 6.31. The number of piperazine rings is 1. The maximum Gasteiger partial charge on any atom is 0.151 e. The highest BCUT2D eigenvalue weighted by Crippen LogP contribution is 2.20. The normalized spacial score (nSPS) is 15.3. The van der Waals surface area contributed by atoms with Crippen LogP contribution in [0.2, 0.25) is 0 Å². The first-order valence-electron chi connectivity index (χ1n) is 7.21. The van der Waals surface area contributed by atoms with Gasteiger partial charge in [-0.25, -0.2) is 0 Å². The van der Waals surface area contributed by atoms with Crippen molar-refractivity contribution in [2.75, 3.05) is 36.0 Å². The summed E-state index contributed by atoms with van der Waals surface area (Å²) in [5, 5.41) is 8.38. The van der Waals surface area contributed by atoms with E-state index in [2.05, 4.69) is 51.2 Å². The van der Waals surface area contributed by atoms with Gasteiger partial charge in [-0.15, -0.1) is 16.7 Å². The molecule has 0 aliphatic carbocycles.